The van der Waals surface area contributed by atoms with Gasteiger partial charge in [0.1, 0.15) is 6.61 Å². The van der Waals surface area contributed by atoms with Gasteiger partial charge in [0.05, 0.1) is 6.10 Å². The number of hydrogen-bond acceptors (Lipinski definition) is 3. The van der Waals surface area contributed by atoms with E-state index >= 15 is 0 Å². The van der Waals surface area contributed by atoms with E-state index in [-0.39, 0.29) is 12.5 Å². The summed E-state index contributed by atoms with van der Waals surface area (Å²) in [6, 6.07) is 0. The molecular formula is C13H24N2O2. The summed E-state index contributed by atoms with van der Waals surface area (Å²) < 4.78 is 5.71. The van der Waals surface area contributed by atoms with E-state index in [0.717, 1.165) is 26.1 Å². The Hall–Kier alpha value is -0.610. The van der Waals surface area contributed by atoms with Crippen molar-refractivity contribution in [2.75, 3.05) is 26.2 Å². The number of carbonyl (C=O) groups excluding carboxylic acids is 1. The molecule has 0 spiro atoms. The normalized spacial score (nSPS) is 29.7. The number of nitrogens with one attached hydrogen (secondary N) is 2. The highest BCUT2D eigenvalue weighted by atomic mass is 16.5. The molecule has 2 rings (SSSR count). The molecule has 0 bridgehead atoms. The van der Waals surface area contributed by atoms with Gasteiger partial charge in [0, 0.05) is 25.6 Å². The Morgan fingerprint density at radius 3 is 2.76 bits per heavy atom. The minimum Gasteiger partial charge on any atom is -0.368 e. The zero-order valence-electron chi connectivity index (χ0n) is 10.7. The number of amides is 1. The molecule has 1 saturated heterocycles. The van der Waals surface area contributed by atoms with Crippen molar-refractivity contribution in [1.29, 1.82) is 0 Å². The lowest BCUT2D eigenvalue weighted by Crippen LogP contribution is -2.48. The quantitative estimate of drug-likeness (QED) is 0.751. The van der Waals surface area contributed by atoms with E-state index in [0.29, 0.717) is 17.9 Å². The average molecular weight is 240 g/mol. The molecule has 2 aliphatic rings. The van der Waals surface area contributed by atoms with Gasteiger partial charge in [0.25, 0.3) is 0 Å². The fourth-order valence-corrected chi connectivity index (χ4v) is 2.51. The lowest BCUT2D eigenvalue weighted by Gasteiger charge is -2.29. The Kier molecular flexibility index (Phi) is 4.80. The summed E-state index contributed by atoms with van der Waals surface area (Å²) in [5, 5.41) is 6.13. The molecule has 1 aliphatic heterocycles. The average Bonchev–Trinajstić information content (AvgIpc) is 2.26. The topological polar surface area (TPSA) is 50.4 Å². The van der Waals surface area contributed by atoms with Crippen molar-refractivity contribution in [3.63, 3.8) is 0 Å². The lowest BCUT2D eigenvalue weighted by molar-refractivity contribution is -0.129. The lowest BCUT2D eigenvalue weighted by atomic mass is 9.88. The third kappa shape index (κ3) is 3.96. The van der Waals surface area contributed by atoms with Crippen LogP contribution < -0.4 is 10.6 Å². The molecular weight excluding hydrogens is 216 g/mol. The summed E-state index contributed by atoms with van der Waals surface area (Å²) >= 11 is 0. The van der Waals surface area contributed by atoms with Crippen LogP contribution in [0, 0.1) is 11.8 Å². The Bertz CT molecular complexity index is 254. The molecule has 1 saturated carbocycles. The van der Waals surface area contributed by atoms with Crippen molar-refractivity contribution in [3.8, 4) is 0 Å². The predicted octanol–water partition coefficient (Wildman–Crippen LogP) is 0.917. The molecule has 98 valence electrons. The Balaban J connectivity index is 1.57. The third-order valence-electron chi connectivity index (χ3n) is 3.92. The van der Waals surface area contributed by atoms with Gasteiger partial charge >= 0.3 is 0 Å². The summed E-state index contributed by atoms with van der Waals surface area (Å²) in [4.78, 5) is 11.6. The van der Waals surface area contributed by atoms with Crippen LogP contribution in [0.2, 0.25) is 0 Å². The van der Waals surface area contributed by atoms with Crippen LogP contribution in [0.3, 0.4) is 0 Å². The molecule has 0 radical (unpaired) electrons. The van der Waals surface area contributed by atoms with Crippen LogP contribution in [0.5, 0.6) is 0 Å². The third-order valence-corrected chi connectivity index (χ3v) is 3.92. The van der Waals surface area contributed by atoms with Gasteiger partial charge in [-0.15, -0.1) is 0 Å². The van der Waals surface area contributed by atoms with Crippen molar-refractivity contribution in [2.24, 2.45) is 11.8 Å². The smallest absolute Gasteiger partial charge is 0.246 e. The van der Waals surface area contributed by atoms with Gasteiger partial charge in [-0.3, -0.25) is 4.79 Å². The van der Waals surface area contributed by atoms with E-state index in [1.165, 1.54) is 19.3 Å². The summed E-state index contributed by atoms with van der Waals surface area (Å²) in [5.41, 5.74) is 0. The van der Waals surface area contributed by atoms with Gasteiger partial charge in [0.15, 0.2) is 0 Å². The van der Waals surface area contributed by atoms with Crippen LogP contribution in [-0.4, -0.2) is 38.3 Å². The SMILES string of the molecule is CC1CCCCC1OCC(=O)NCC1CNC1. The molecule has 2 fully saturated rings. The zero-order chi connectivity index (χ0) is 12.1. The number of ether oxygens (including phenoxy) is 1. The molecule has 2 unspecified atom stereocenters. The predicted molar refractivity (Wildman–Crippen MR) is 66.7 cm³/mol. The van der Waals surface area contributed by atoms with E-state index in [1.54, 1.807) is 0 Å². The molecule has 0 aromatic carbocycles. The Labute approximate surface area is 103 Å². The molecule has 17 heavy (non-hydrogen) atoms. The fraction of sp³-hybridized carbons (Fsp3) is 0.923. The standard InChI is InChI=1S/C13H24N2O2/c1-10-4-2-3-5-12(10)17-9-13(16)15-8-11-6-14-7-11/h10-12,14H,2-9H2,1H3,(H,15,16). The first-order chi connectivity index (χ1) is 8.25. The maximum atomic E-state index is 11.6. The van der Waals surface area contributed by atoms with Crippen molar-refractivity contribution in [3.05, 3.63) is 0 Å². The summed E-state index contributed by atoms with van der Waals surface area (Å²) in [5.74, 6) is 1.26. The first-order valence-corrected chi connectivity index (χ1v) is 6.84. The Morgan fingerprint density at radius 1 is 1.35 bits per heavy atom. The first kappa shape index (κ1) is 12.8. The minimum absolute atomic E-state index is 0.0367. The van der Waals surface area contributed by atoms with E-state index in [2.05, 4.69) is 17.6 Å². The zero-order valence-corrected chi connectivity index (χ0v) is 10.7. The van der Waals surface area contributed by atoms with Gasteiger partial charge in [-0.05, 0) is 18.8 Å². The highest BCUT2D eigenvalue weighted by Crippen LogP contribution is 2.25. The second-order valence-electron chi connectivity index (χ2n) is 5.44. The van der Waals surface area contributed by atoms with Crippen LogP contribution in [-0.2, 0) is 9.53 Å². The van der Waals surface area contributed by atoms with Gasteiger partial charge in [0.2, 0.25) is 5.91 Å². The van der Waals surface area contributed by atoms with Crippen molar-refractivity contribution >= 4 is 5.91 Å². The summed E-state index contributed by atoms with van der Waals surface area (Å²) in [7, 11) is 0. The largest absolute Gasteiger partial charge is 0.368 e. The van der Waals surface area contributed by atoms with Gasteiger partial charge in [-0.1, -0.05) is 19.8 Å². The monoisotopic (exact) mass is 240 g/mol. The fourth-order valence-electron chi connectivity index (χ4n) is 2.51. The minimum atomic E-state index is 0.0367. The number of rotatable bonds is 5. The van der Waals surface area contributed by atoms with E-state index in [9.17, 15) is 4.79 Å². The summed E-state index contributed by atoms with van der Waals surface area (Å²) in [6.45, 7) is 5.30. The second kappa shape index (κ2) is 6.36. The molecule has 0 aromatic rings. The molecule has 2 atom stereocenters. The van der Waals surface area contributed by atoms with Gasteiger partial charge in [-0.2, -0.15) is 0 Å². The maximum Gasteiger partial charge on any atom is 0.246 e. The van der Waals surface area contributed by atoms with Crippen LogP contribution in [0.1, 0.15) is 32.6 Å². The van der Waals surface area contributed by atoms with Crippen LogP contribution in [0.15, 0.2) is 0 Å². The summed E-state index contributed by atoms with van der Waals surface area (Å²) in [6.07, 6.45) is 5.19. The molecule has 1 heterocycles. The molecule has 4 nitrogen and oxygen atoms in total. The molecule has 2 N–H and O–H groups in total. The van der Waals surface area contributed by atoms with Crippen LogP contribution in [0.25, 0.3) is 0 Å². The Morgan fingerprint density at radius 2 is 2.12 bits per heavy atom. The van der Waals surface area contributed by atoms with Gasteiger partial charge < -0.3 is 15.4 Å². The van der Waals surface area contributed by atoms with Crippen molar-refractivity contribution < 1.29 is 9.53 Å². The molecule has 1 amide bonds. The van der Waals surface area contributed by atoms with Crippen LogP contribution >= 0.6 is 0 Å². The van der Waals surface area contributed by atoms with E-state index in [1.807, 2.05) is 0 Å². The first-order valence-electron chi connectivity index (χ1n) is 6.84. The van der Waals surface area contributed by atoms with Crippen molar-refractivity contribution in [2.45, 2.75) is 38.7 Å². The highest BCUT2D eigenvalue weighted by molar-refractivity contribution is 5.77. The van der Waals surface area contributed by atoms with Gasteiger partial charge in [-0.25, -0.2) is 0 Å². The maximum absolute atomic E-state index is 11.6. The number of carbonyl (C=O) groups is 1. The molecule has 4 heteroatoms. The molecule has 0 aromatic heterocycles. The van der Waals surface area contributed by atoms with E-state index in [4.69, 9.17) is 4.74 Å². The number of hydrogen-bond donors (Lipinski definition) is 2. The molecule has 1 aliphatic carbocycles. The van der Waals surface area contributed by atoms with Crippen molar-refractivity contribution in [1.82, 2.24) is 10.6 Å². The van der Waals surface area contributed by atoms with Crippen LogP contribution in [0.4, 0.5) is 0 Å². The second-order valence-corrected chi connectivity index (χ2v) is 5.44. The highest BCUT2D eigenvalue weighted by Gasteiger charge is 2.23. The van der Waals surface area contributed by atoms with E-state index < -0.39 is 0 Å².